The molecule has 1 fully saturated rings. The third kappa shape index (κ3) is 4.99. The first-order valence-corrected chi connectivity index (χ1v) is 9.64. The van der Waals surface area contributed by atoms with Gasteiger partial charge in [0.1, 0.15) is 5.82 Å². The van der Waals surface area contributed by atoms with E-state index in [2.05, 4.69) is 15.1 Å². The van der Waals surface area contributed by atoms with E-state index in [9.17, 15) is 4.39 Å². The molecule has 3 nitrogen and oxygen atoms in total. The molecule has 1 aliphatic heterocycles. The standard InChI is InChI=1S/C18H17Cl3FN3S/c19-13-2-1-12(15(20)9-13)11-24-5-7-25(8-6-24)18(26)23-14-3-4-17(22)16(21)10-14/h1-4,9-10H,5-8,11H2,(H,23,26). The lowest BCUT2D eigenvalue weighted by molar-refractivity contribution is 0.177. The van der Waals surface area contributed by atoms with Crippen LogP contribution in [0.15, 0.2) is 36.4 Å². The summed E-state index contributed by atoms with van der Waals surface area (Å²) in [6.07, 6.45) is 0. The van der Waals surface area contributed by atoms with Crippen molar-refractivity contribution in [3.8, 4) is 0 Å². The minimum Gasteiger partial charge on any atom is -0.346 e. The lowest BCUT2D eigenvalue weighted by Crippen LogP contribution is -2.49. The van der Waals surface area contributed by atoms with Gasteiger partial charge in [0.2, 0.25) is 0 Å². The van der Waals surface area contributed by atoms with Gasteiger partial charge in [-0.1, -0.05) is 40.9 Å². The number of rotatable bonds is 3. The van der Waals surface area contributed by atoms with Crippen LogP contribution in [0.2, 0.25) is 15.1 Å². The first-order valence-electron chi connectivity index (χ1n) is 8.09. The molecule has 0 radical (unpaired) electrons. The summed E-state index contributed by atoms with van der Waals surface area (Å²) in [5.41, 5.74) is 1.74. The van der Waals surface area contributed by atoms with E-state index in [1.165, 1.54) is 12.1 Å². The topological polar surface area (TPSA) is 18.5 Å². The highest BCUT2D eigenvalue weighted by Gasteiger charge is 2.20. The van der Waals surface area contributed by atoms with Gasteiger partial charge >= 0.3 is 0 Å². The summed E-state index contributed by atoms with van der Waals surface area (Å²) in [4.78, 5) is 4.41. The van der Waals surface area contributed by atoms with Crippen molar-refractivity contribution in [1.82, 2.24) is 9.80 Å². The third-order valence-electron chi connectivity index (χ3n) is 4.24. The van der Waals surface area contributed by atoms with Gasteiger partial charge in [-0.15, -0.1) is 0 Å². The van der Waals surface area contributed by atoms with E-state index in [0.717, 1.165) is 38.3 Å². The first-order chi connectivity index (χ1) is 12.4. The molecule has 0 saturated carbocycles. The largest absolute Gasteiger partial charge is 0.346 e. The first kappa shape index (κ1) is 19.6. The van der Waals surface area contributed by atoms with E-state index in [1.807, 2.05) is 12.1 Å². The molecule has 1 heterocycles. The zero-order chi connectivity index (χ0) is 18.7. The molecule has 1 aliphatic rings. The summed E-state index contributed by atoms with van der Waals surface area (Å²) in [7, 11) is 0. The molecule has 3 rings (SSSR count). The Kier molecular flexibility index (Phi) is 6.59. The van der Waals surface area contributed by atoms with E-state index < -0.39 is 5.82 Å². The van der Waals surface area contributed by atoms with E-state index in [-0.39, 0.29) is 5.02 Å². The molecule has 0 atom stereocenters. The number of hydrogen-bond donors (Lipinski definition) is 1. The molecule has 0 bridgehead atoms. The predicted octanol–water partition coefficient (Wildman–Crippen LogP) is 5.30. The highest BCUT2D eigenvalue weighted by molar-refractivity contribution is 7.80. The van der Waals surface area contributed by atoms with Crippen molar-refractivity contribution < 1.29 is 4.39 Å². The summed E-state index contributed by atoms with van der Waals surface area (Å²) in [6.45, 7) is 4.10. The van der Waals surface area contributed by atoms with Gasteiger partial charge in [0.25, 0.3) is 0 Å². The minimum atomic E-state index is -0.447. The maximum atomic E-state index is 13.2. The van der Waals surface area contributed by atoms with Crippen molar-refractivity contribution in [3.05, 3.63) is 62.8 Å². The minimum absolute atomic E-state index is 0.0717. The number of piperazine rings is 1. The Balaban J connectivity index is 1.52. The fourth-order valence-electron chi connectivity index (χ4n) is 2.78. The van der Waals surface area contributed by atoms with Gasteiger partial charge in [-0.25, -0.2) is 4.39 Å². The summed E-state index contributed by atoms with van der Waals surface area (Å²) < 4.78 is 13.2. The number of benzene rings is 2. The van der Waals surface area contributed by atoms with E-state index in [0.29, 0.717) is 20.8 Å². The van der Waals surface area contributed by atoms with Crippen molar-refractivity contribution in [1.29, 1.82) is 0 Å². The van der Waals surface area contributed by atoms with E-state index in [1.54, 1.807) is 12.1 Å². The van der Waals surface area contributed by atoms with Crippen LogP contribution in [0, 0.1) is 5.82 Å². The molecular formula is C18H17Cl3FN3S. The van der Waals surface area contributed by atoms with Crippen molar-refractivity contribution in [2.45, 2.75) is 6.54 Å². The highest BCUT2D eigenvalue weighted by Crippen LogP contribution is 2.23. The highest BCUT2D eigenvalue weighted by atomic mass is 35.5. The van der Waals surface area contributed by atoms with Gasteiger partial charge in [-0.3, -0.25) is 4.90 Å². The molecule has 2 aromatic rings. The molecule has 138 valence electrons. The molecule has 2 aromatic carbocycles. The fourth-order valence-corrected chi connectivity index (χ4v) is 3.73. The van der Waals surface area contributed by atoms with Crippen molar-refractivity contribution in [3.63, 3.8) is 0 Å². The number of anilines is 1. The summed E-state index contributed by atoms with van der Waals surface area (Å²) >= 11 is 23.5. The molecule has 0 aliphatic carbocycles. The van der Waals surface area contributed by atoms with Crippen LogP contribution in [0.5, 0.6) is 0 Å². The molecule has 1 saturated heterocycles. The predicted molar refractivity (Wildman–Crippen MR) is 111 cm³/mol. The second kappa shape index (κ2) is 8.72. The molecule has 8 heteroatoms. The monoisotopic (exact) mass is 431 g/mol. The number of nitrogens with zero attached hydrogens (tertiary/aromatic N) is 2. The lowest BCUT2D eigenvalue weighted by atomic mass is 10.2. The molecule has 1 N–H and O–H groups in total. The van der Waals surface area contributed by atoms with Gasteiger partial charge in [0.05, 0.1) is 5.02 Å². The molecule has 0 unspecified atom stereocenters. The van der Waals surface area contributed by atoms with Crippen LogP contribution >= 0.6 is 47.0 Å². The number of thiocarbonyl (C=S) groups is 1. The van der Waals surface area contributed by atoms with Crippen molar-refractivity contribution >= 4 is 57.8 Å². The smallest absolute Gasteiger partial charge is 0.173 e. The number of hydrogen-bond acceptors (Lipinski definition) is 2. The average Bonchev–Trinajstić information content (AvgIpc) is 2.61. The number of nitrogens with one attached hydrogen (secondary N) is 1. The third-order valence-corrected chi connectivity index (χ3v) is 5.48. The van der Waals surface area contributed by atoms with Crippen LogP contribution in [0.25, 0.3) is 0 Å². The lowest BCUT2D eigenvalue weighted by Gasteiger charge is -2.36. The summed E-state index contributed by atoms with van der Waals surface area (Å²) in [5.74, 6) is -0.447. The fraction of sp³-hybridized carbons (Fsp3) is 0.278. The summed E-state index contributed by atoms with van der Waals surface area (Å²) in [6, 6.07) is 10.0. The molecule has 0 amide bonds. The van der Waals surface area contributed by atoms with Crippen LogP contribution in [0.4, 0.5) is 10.1 Å². The average molecular weight is 433 g/mol. The molecular weight excluding hydrogens is 416 g/mol. The molecule has 0 spiro atoms. The van der Waals surface area contributed by atoms with Gasteiger partial charge in [0.15, 0.2) is 5.11 Å². The van der Waals surface area contributed by atoms with Gasteiger partial charge < -0.3 is 10.2 Å². The van der Waals surface area contributed by atoms with Crippen LogP contribution in [0.3, 0.4) is 0 Å². The zero-order valence-electron chi connectivity index (χ0n) is 13.8. The maximum Gasteiger partial charge on any atom is 0.173 e. The Morgan fingerprint density at radius 3 is 2.38 bits per heavy atom. The van der Waals surface area contributed by atoms with E-state index in [4.69, 9.17) is 47.0 Å². The SMILES string of the molecule is Fc1ccc(NC(=S)N2CCN(Cc3ccc(Cl)cc3Cl)CC2)cc1Cl. The normalized spacial score (nSPS) is 15.2. The van der Waals surface area contributed by atoms with Gasteiger partial charge in [0, 0.05) is 48.5 Å². The maximum absolute atomic E-state index is 13.2. The summed E-state index contributed by atoms with van der Waals surface area (Å²) in [5, 5.41) is 5.12. The molecule has 26 heavy (non-hydrogen) atoms. The van der Waals surface area contributed by atoms with Crippen molar-refractivity contribution in [2.75, 3.05) is 31.5 Å². The molecule has 0 aromatic heterocycles. The Hall–Kier alpha value is -1.11. The zero-order valence-corrected chi connectivity index (χ0v) is 16.9. The van der Waals surface area contributed by atoms with Crippen molar-refractivity contribution in [2.24, 2.45) is 0 Å². The van der Waals surface area contributed by atoms with Gasteiger partial charge in [-0.05, 0) is 48.1 Å². The Bertz CT molecular complexity index is 810. The Morgan fingerprint density at radius 1 is 1.00 bits per heavy atom. The van der Waals surface area contributed by atoms with Gasteiger partial charge in [-0.2, -0.15) is 0 Å². The van der Waals surface area contributed by atoms with Crippen LogP contribution in [0.1, 0.15) is 5.56 Å². The van der Waals surface area contributed by atoms with Crippen LogP contribution in [-0.4, -0.2) is 41.1 Å². The van der Waals surface area contributed by atoms with E-state index >= 15 is 0 Å². The second-order valence-electron chi connectivity index (χ2n) is 6.06. The second-order valence-corrected chi connectivity index (χ2v) is 7.70. The van der Waals surface area contributed by atoms with Crippen LogP contribution < -0.4 is 5.32 Å². The van der Waals surface area contributed by atoms with Crippen LogP contribution in [-0.2, 0) is 6.54 Å². The Labute approximate surface area is 172 Å². The Morgan fingerprint density at radius 2 is 1.73 bits per heavy atom. The quantitative estimate of drug-likeness (QED) is 0.663. The number of halogens is 4.